The summed E-state index contributed by atoms with van der Waals surface area (Å²) in [6, 6.07) is 17.9. The Bertz CT molecular complexity index is 1040. The van der Waals surface area contributed by atoms with Gasteiger partial charge in [0.1, 0.15) is 10.6 Å². The van der Waals surface area contributed by atoms with Gasteiger partial charge in [0.05, 0.1) is 6.26 Å². The highest BCUT2D eigenvalue weighted by Gasteiger charge is 2.25. The molecule has 3 heterocycles. The number of piperidine rings is 1. The topological polar surface area (TPSA) is 50.1 Å². The normalized spacial score (nSPS) is 19.9. The van der Waals surface area contributed by atoms with Crippen LogP contribution in [0, 0.1) is 0 Å². The van der Waals surface area contributed by atoms with Gasteiger partial charge in [-0.2, -0.15) is 0 Å². The molecule has 0 radical (unpaired) electrons. The molecule has 0 amide bonds. The number of hydrogen-bond acceptors (Lipinski definition) is 5. The van der Waals surface area contributed by atoms with Crippen molar-refractivity contribution in [3.8, 4) is 10.6 Å². The summed E-state index contributed by atoms with van der Waals surface area (Å²) in [7, 11) is 0. The van der Waals surface area contributed by atoms with Gasteiger partial charge in [0.2, 0.25) is 0 Å². The molecule has 5 heteroatoms. The molecular formula is C23H23N3OS. The minimum Gasteiger partial charge on any atom is -0.464 e. The number of aromatic nitrogens is 1. The summed E-state index contributed by atoms with van der Waals surface area (Å²) in [5, 5.41) is 11.7. The third kappa shape index (κ3) is 3.49. The van der Waals surface area contributed by atoms with Gasteiger partial charge in [-0.3, -0.25) is 0 Å². The van der Waals surface area contributed by atoms with Crippen molar-refractivity contribution >= 4 is 22.3 Å². The maximum absolute atomic E-state index is 5.80. The molecule has 1 aliphatic rings. The fourth-order valence-electron chi connectivity index (χ4n) is 4.14. The number of nitrogens with one attached hydrogen (secondary N) is 2. The first-order valence-corrected chi connectivity index (χ1v) is 10.7. The van der Waals surface area contributed by atoms with Crippen LogP contribution in [0.4, 0.5) is 0 Å². The Balaban J connectivity index is 1.41. The summed E-state index contributed by atoms with van der Waals surface area (Å²) in [5.41, 5.74) is 4.65. The average molecular weight is 390 g/mol. The maximum Gasteiger partial charge on any atom is 0.138 e. The minimum atomic E-state index is 0.337. The van der Waals surface area contributed by atoms with Crippen LogP contribution in [0.1, 0.15) is 30.0 Å². The van der Waals surface area contributed by atoms with Gasteiger partial charge >= 0.3 is 0 Å². The van der Waals surface area contributed by atoms with E-state index in [-0.39, 0.29) is 0 Å². The summed E-state index contributed by atoms with van der Waals surface area (Å²) in [6.45, 7) is 1.85. The molecule has 2 atom stereocenters. The molecule has 142 valence electrons. The summed E-state index contributed by atoms with van der Waals surface area (Å²) in [6.07, 6.45) is 5.99. The van der Waals surface area contributed by atoms with Crippen LogP contribution in [0.5, 0.6) is 0 Å². The van der Waals surface area contributed by atoms with Crippen LogP contribution < -0.4 is 10.6 Å². The highest BCUT2D eigenvalue weighted by molar-refractivity contribution is 7.13. The first kappa shape index (κ1) is 17.6. The predicted molar refractivity (Wildman–Crippen MR) is 114 cm³/mol. The fourth-order valence-corrected chi connectivity index (χ4v) is 4.76. The second-order valence-electron chi connectivity index (χ2n) is 7.28. The molecule has 0 spiro atoms. The Labute approximate surface area is 168 Å². The van der Waals surface area contributed by atoms with Crippen molar-refractivity contribution in [1.29, 1.82) is 0 Å². The molecule has 2 aromatic carbocycles. The molecule has 2 aromatic heterocycles. The molecule has 0 aliphatic carbocycles. The molecule has 5 rings (SSSR count). The van der Waals surface area contributed by atoms with Crippen LogP contribution in [-0.4, -0.2) is 17.6 Å². The van der Waals surface area contributed by atoms with Gasteiger partial charge in [-0.1, -0.05) is 30.3 Å². The zero-order valence-electron chi connectivity index (χ0n) is 15.6. The van der Waals surface area contributed by atoms with E-state index >= 15 is 0 Å². The Hall–Kier alpha value is -2.47. The largest absolute Gasteiger partial charge is 0.464 e. The number of nitrogens with zero attached hydrogens (tertiary/aromatic N) is 1. The zero-order chi connectivity index (χ0) is 18.8. The zero-order valence-corrected chi connectivity index (χ0v) is 16.4. The molecule has 0 unspecified atom stereocenters. The van der Waals surface area contributed by atoms with Crippen LogP contribution in [0.25, 0.3) is 21.5 Å². The van der Waals surface area contributed by atoms with E-state index in [4.69, 9.17) is 4.42 Å². The van der Waals surface area contributed by atoms with E-state index in [1.807, 2.05) is 17.6 Å². The van der Waals surface area contributed by atoms with Gasteiger partial charge in [-0.25, -0.2) is 4.98 Å². The van der Waals surface area contributed by atoms with Crippen molar-refractivity contribution in [3.05, 3.63) is 77.5 Å². The number of fused-ring (bicyclic) bond motifs is 1. The van der Waals surface area contributed by atoms with Crippen molar-refractivity contribution in [3.63, 3.8) is 0 Å². The monoisotopic (exact) mass is 389 g/mol. The summed E-state index contributed by atoms with van der Waals surface area (Å²) in [5.74, 6) is 0. The van der Waals surface area contributed by atoms with E-state index in [0.29, 0.717) is 12.1 Å². The van der Waals surface area contributed by atoms with E-state index in [0.717, 1.165) is 34.6 Å². The lowest BCUT2D eigenvalue weighted by atomic mass is 9.92. The lowest BCUT2D eigenvalue weighted by Crippen LogP contribution is -2.45. The van der Waals surface area contributed by atoms with Crippen molar-refractivity contribution in [2.75, 3.05) is 6.54 Å². The van der Waals surface area contributed by atoms with Crippen molar-refractivity contribution in [2.24, 2.45) is 0 Å². The van der Waals surface area contributed by atoms with E-state index in [2.05, 4.69) is 58.1 Å². The van der Waals surface area contributed by atoms with Gasteiger partial charge in [0, 0.05) is 46.7 Å². The summed E-state index contributed by atoms with van der Waals surface area (Å²) < 4.78 is 5.80. The molecule has 4 nitrogen and oxygen atoms in total. The van der Waals surface area contributed by atoms with Gasteiger partial charge in [0.25, 0.3) is 0 Å². The van der Waals surface area contributed by atoms with Crippen molar-refractivity contribution in [2.45, 2.75) is 31.5 Å². The van der Waals surface area contributed by atoms with E-state index in [1.54, 1.807) is 17.6 Å². The SMILES string of the molecule is c1ccc([C@@H]2NCCC[C@@H]2NCc2cc(-c3nccs3)cc3ccoc23)cc1. The molecular weight excluding hydrogens is 366 g/mol. The minimum absolute atomic E-state index is 0.337. The lowest BCUT2D eigenvalue weighted by Gasteiger charge is -2.34. The first-order chi connectivity index (χ1) is 13.9. The predicted octanol–water partition coefficient (Wildman–Crippen LogP) is 5.14. The van der Waals surface area contributed by atoms with Crippen molar-refractivity contribution in [1.82, 2.24) is 15.6 Å². The van der Waals surface area contributed by atoms with E-state index in [9.17, 15) is 0 Å². The van der Waals surface area contributed by atoms with E-state index in [1.165, 1.54) is 24.0 Å². The number of furan rings is 1. The third-order valence-electron chi connectivity index (χ3n) is 5.48. The molecule has 1 aliphatic heterocycles. The lowest BCUT2D eigenvalue weighted by molar-refractivity contribution is 0.304. The standard InChI is InChI=1S/C23H23N3OS/c1-2-5-16(6-3-1)21-20(7-4-9-24-21)26-15-19-14-18(23-25-10-12-28-23)13-17-8-11-27-22(17)19/h1-3,5-6,8,10-14,20-21,24,26H,4,7,9,15H2/t20-,21-/m0/s1. The third-order valence-corrected chi connectivity index (χ3v) is 6.30. The van der Waals surface area contributed by atoms with Crippen LogP contribution in [-0.2, 0) is 6.54 Å². The van der Waals surface area contributed by atoms with Crippen LogP contribution in [0.2, 0.25) is 0 Å². The Kier molecular flexibility index (Phi) is 4.95. The molecule has 0 bridgehead atoms. The van der Waals surface area contributed by atoms with Crippen LogP contribution >= 0.6 is 11.3 Å². The Morgan fingerprint density at radius 2 is 2.11 bits per heavy atom. The Morgan fingerprint density at radius 1 is 1.18 bits per heavy atom. The number of hydrogen-bond donors (Lipinski definition) is 2. The van der Waals surface area contributed by atoms with Crippen LogP contribution in [0.15, 0.2) is 70.8 Å². The molecule has 4 aromatic rings. The molecule has 1 fully saturated rings. The number of thiazole rings is 1. The molecule has 0 saturated carbocycles. The van der Waals surface area contributed by atoms with Crippen LogP contribution in [0.3, 0.4) is 0 Å². The second-order valence-corrected chi connectivity index (χ2v) is 8.18. The highest BCUT2D eigenvalue weighted by Crippen LogP contribution is 2.30. The van der Waals surface area contributed by atoms with Gasteiger partial charge in [-0.05, 0) is 43.1 Å². The summed E-state index contributed by atoms with van der Waals surface area (Å²) in [4.78, 5) is 4.48. The fraction of sp³-hybridized carbons (Fsp3) is 0.261. The second kappa shape index (κ2) is 7.87. The average Bonchev–Trinajstić information content (AvgIpc) is 3.44. The summed E-state index contributed by atoms with van der Waals surface area (Å²) >= 11 is 1.67. The maximum atomic E-state index is 5.80. The number of benzene rings is 2. The molecule has 2 N–H and O–H groups in total. The quantitative estimate of drug-likeness (QED) is 0.496. The van der Waals surface area contributed by atoms with Gasteiger partial charge in [-0.15, -0.1) is 11.3 Å². The van der Waals surface area contributed by atoms with Gasteiger partial charge in [0.15, 0.2) is 0 Å². The van der Waals surface area contributed by atoms with E-state index < -0.39 is 0 Å². The first-order valence-electron chi connectivity index (χ1n) is 9.80. The smallest absolute Gasteiger partial charge is 0.138 e. The molecule has 28 heavy (non-hydrogen) atoms. The van der Waals surface area contributed by atoms with Gasteiger partial charge < -0.3 is 15.1 Å². The highest BCUT2D eigenvalue weighted by atomic mass is 32.1. The number of rotatable bonds is 5. The molecule has 1 saturated heterocycles. The van der Waals surface area contributed by atoms with Crippen molar-refractivity contribution < 1.29 is 4.42 Å². The Morgan fingerprint density at radius 3 is 2.96 bits per heavy atom.